The van der Waals surface area contributed by atoms with Gasteiger partial charge in [0.2, 0.25) is 5.95 Å². The molecule has 0 atom stereocenters. The average Bonchev–Trinajstić information content (AvgIpc) is 3.14. The van der Waals surface area contributed by atoms with Gasteiger partial charge < -0.3 is 14.5 Å². The predicted molar refractivity (Wildman–Crippen MR) is 80.6 cm³/mol. The number of anilines is 1. The first-order chi connectivity index (χ1) is 10.7. The first kappa shape index (κ1) is 14.3. The topological polar surface area (TPSA) is 98.0 Å². The molecule has 3 heterocycles. The maximum absolute atomic E-state index is 11.9. The molecule has 0 unspecified atom stereocenters. The molecule has 0 amide bonds. The van der Waals surface area contributed by atoms with Crippen LogP contribution in [0.5, 0.6) is 0 Å². The van der Waals surface area contributed by atoms with E-state index < -0.39 is 0 Å². The van der Waals surface area contributed by atoms with Crippen LogP contribution in [0.1, 0.15) is 12.2 Å². The average molecular weight is 303 g/mol. The molecule has 0 spiro atoms. The highest BCUT2D eigenvalue weighted by Gasteiger charge is 2.07. The molecular weight excluding hydrogens is 286 g/mol. The number of aryl methyl sites for hydroxylation is 1. The molecule has 3 aromatic heterocycles. The monoisotopic (exact) mass is 303 g/mol. The van der Waals surface area contributed by atoms with Gasteiger partial charge in [0, 0.05) is 20.2 Å². The Labute approximate surface area is 126 Å². The van der Waals surface area contributed by atoms with Crippen LogP contribution >= 0.6 is 0 Å². The summed E-state index contributed by atoms with van der Waals surface area (Å²) in [6, 6.07) is 3.70. The van der Waals surface area contributed by atoms with Crippen LogP contribution in [0.4, 0.5) is 5.95 Å². The van der Waals surface area contributed by atoms with E-state index in [2.05, 4.69) is 20.4 Å². The molecule has 3 aromatic rings. The number of furan rings is 1. The highest BCUT2D eigenvalue weighted by Crippen LogP contribution is 2.06. The van der Waals surface area contributed by atoms with E-state index in [-0.39, 0.29) is 5.56 Å². The summed E-state index contributed by atoms with van der Waals surface area (Å²) in [7, 11) is 1.75. The normalized spacial score (nSPS) is 11.1. The van der Waals surface area contributed by atoms with Crippen LogP contribution in [-0.2, 0) is 18.4 Å². The van der Waals surface area contributed by atoms with Gasteiger partial charge in [-0.15, -0.1) is 0 Å². The Morgan fingerprint density at radius 2 is 2.41 bits per heavy atom. The highest BCUT2D eigenvalue weighted by molar-refractivity contribution is 5.74. The molecule has 0 saturated carbocycles. The zero-order valence-electron chi connectivity index (χ0n) is 12.2. The SMILES string of the molecule is Cn1ncc2c(=O)[nH]c(NCCCOCc3ccco3)nc21. The second-order valence-electron chi connectivity index (χ2n) is 4.83. The van der Waals surface area contributed by atoms with Crippen molar-refractivity contribution in [3.05, 3.63) is 40.7 Å². The molecule has 8 nitrogen and oxygen atoms in total. The van der Waals surface area contributed by atoms with Crippen LogP contribution in [0.25, 0.3) is 11.0 Å². The van der Waals surface area contributed by atoms with Crippen molar-refractivity contribution in [2.24, 2.45) is 7.05 Å². The van der Waals surface area contributed by atoms with Crippen LogP contribution in [0, 0.1) is 0 Å². The summed E-state index contributed by atoms with van der Waals surface area (Å²) in [5.41, 5.74) is 0.356. The zero-order chi connectivity index (χ0) is 15.4. The fourth-order valence-electron chi connectivity index (χ4n) is 2.06. The quantitative estimate of drug-likeness (QED) is 0.638. The van der Waals surface area contributed by atoms with Gasteiger partial charge >= 0.3 is 0 Å². The van der Waals surface area contributed by atoms with E-state index in [1.807, 2.05) is 12.1 Å². The third-order valence-corrected chi connectivity index (χ3v) is 3.18. The van der Waals surface area contributed by atoms with Crippen molar-refractivity contribution in [1.29, 1.82) is 0 Å². The van der Waals surface area contributed by atoms with Crippen molar-refractivity contribution in [3.63, 3.8) is 0 Å². The molecule has 22 heavy (non-hydrogen) atoms. The minimum Gasteiger partial charge on any atom is -0.467 e. The lowest BCUT2D eigenvalue weighted by molar-refractivity contribution is 0.106. The van der Waals surface area contributed by atoms with Crippen LogP contribution < -0.4 is 10.9 Å². The van der Waals surface area contributed by atoms with E-state index in [1.165, 1.54) is 6.20 Å². The molecule has 0 aromatic carbocycles. The lowest BCUT2D eigenvalue weighted by Gasteiger charge is -2.06. The van der Waals surface area contributed by atoms with Crippen molar-refractivity contribution >= 4 is 17.0 Å². The van der Waals surface area contributed by atoms with Crippen molar-refractivity contribution in [3.8, 4) is 0 Å². The number of H-pyrrole nitrogens is 1. The number of fused-ring (bicyclic) bond motifs is 1. The molecule has 3 rings (SSSR count). The summed E-state index contributed by atoms with van der Waals surface area (Å²) in [6.45, 7) is 1.69. The van der Waals surface area contributed by atoms with Gasteiger partial charge in [0.05, 0.1) is 12.5 Å². The Balaban J connectivity index is 1.47. The number of nitrogens with zero attached hydrogens (tertiary/aromatic N) is 3. The van der Waals surface area contributed by atoms with E-state index >= 15 is 0 Å². The molecule has 2 N–H and O–H groups in total. The van der Waals surface area contributed by atoms with Crippen molar-refractivity contribution < 1.29 is 9.15 Å². The van der Waals surface area contributed by atoms with Gasteiger partial charge in [0.25, 0.3) is 5.56 Å². The number of nitrogens with one attached hydrogen (secondary N) is 2. The van der Waals surface area contributed by atoms with Gasteiger partial charge in [0.1, 0.15) is 17.8 Å². The molecule has 0 aliphatic carbocycles. The van der Waals surface area contributed by atoms with Gasteiger partial charge in [-0.3, -0.25) is 14.5 Å². The van der Waals surface area contributed by atoms with E-state index in [4.69, 9.17) is 9.15 Å². The second kappa shape index (κ2) is 6.44. The maximum Gasteiger partial charge on any atom is 0.263 e. The largest absolute Gasteiger partial charge is 0.467 e. The summed E-state index contributed by atoms with van der Waals surface area (Å²) in [6.07, 6.45) is 3.91. The van der Waals surface area contributed by atoms with E-state index in [9.17, 15) is 4.79 Å². The number of hydrogen-bond acceptors (Lipinski definition) is 6. The summed E-state index contributed by atoms with van der Waals surface area (Å²) in [5, 5.41) is 7.58. The van der Waals surface area contributed by atoms with Gasteiger partial charge in [-0.05, 0) is 18.6 Å². The smallest absolute Gasteiger partial charge is 0.263 e. The predicted octanol–water partition coefficient (Wildman–Crippen LogP) is 1.27. The number of hydrogen-bond donors (Lipinski definition) is 2. The van der Waals surface area contributed by atoms with Crippen LogP contribution in [0.2, 0.25) is 0 Å². The summed E-state index contributed by atoms with van der Waals surface area (Å²) >= 11 is 0. The van der Waals surface area contributed by atoms with Gasteiger partial charge in [-0.1, -0.05) is 0 Å². The Morgan fingerprint density at radius 1 is 1.50 bits per heavy atom. The van der Waals surface area contributed by atoms with E-state index in [1.54, 1.807) is 18.0 Å². The molecular formula is C14H17N5O3. The standard InChI is InChI=1S/C14H17N5O3/c1-19-12-11(8-16-19)13(20)18-14(17-12)15-5-3-6-21-9-10-4-2-7-22-10/h2,4,7-8H,3,5-6,9H2,1H3,(H2,15,17,18,20). The lowest BCUT2D eigenvalue weighted by Crippen LogP contribution is -2.15. The number of aromatic nitrogens is 4. The van der Waals surface area contributed by atoms with Crippen LogP contribution in [-0.4, -0.2) is 32.9 Å². The Morgan fingerprint density at radius 3 is 3.23 bits per heavy atom. The minimum atomic E-state index is -0.199. The number of rotatable bonds is 7. The minimum absolute atomic E-state index is 0.199. The van der Waals surface area contributed by atoms with Crippen molar-refractivity contribution in [1.82, 2.24) is 19.7 Å². The molecule has 0 aliphatic heterocycles. The van der Waals surface area contributed by atoms with E-state index in [0.29, 0.717) is 36.7 Å². The first-order valence-corrected chi connectivity index (χ1v) is 7.00. The second-order valence-corrected chi connectivity index (χ2v) is 4.83. The van der Waals surface area contributed by atoms with Crippen LogP contribution in [0.3, 0.4) is 0 Å². The molecule has 0 fully saturated rings. The van der Waals surface area contributed by atoms with Gasteiger partial charge in [-0.2, -0.15) is 10.1 Å². The Bertz CT molecular complexity index is 791. The Hall–Kier alpha value is -2.61. The fourth-order valence-corrected chi connectivity index (χ4v) is 2.06. The lowest BCUT2D eigenvalue weighted by atomic mass is 10.4. The third kappa shape index (κ3) is 3.17. The summed E-state index contributed by atoms with van der Waals surface area (Å²) in [5.74, 6) is 1.24. The highest BCUT2D eigenvalue weighted by atomic mass is 16.5. The van der Waals surface area contributed by atoms with Gasteiger partial charge in [-0.25, -0.2) is 0 Å². The van der Waals surface area contributed by atoms with Crippen molar-refractivity contribution in [2.45, 2.75) is 13.0 Å². The molecule has 0 radical (unpaired) electrons. The third-order valence-electron chi connectivity index (χ3n) is 3.18. The van der Waals surface area contributed by atoms with Crippen LogP contribution in [0.15, 0.2) is 33.8 Å². The van der Waals surface area contributed by atoms with Crippen molar-refractivity contribution in [2.75, 3.05) is 18.5 Å². The fraction of sp³-hybridized carbons (Fsp3) is 0.357. The number of aromatic amines is 1. The summed E-state index contributed by atoms with van der Waals surface area (Å²) < 4.78 is 12.2. The molecule has 0 aliphatic rings. The molecule has 8 heteroatoms. The Kier molecular flexibility index (Phi) is 4.19. The first-order valence-electron chi connectivity index (χ1n) is 7.00. The molecule has 0 bridgehead atoms. The van der Waals surface area contributed by atoms with Gasteiger partial charge in [0.15, 0.2) is 5.65 Å². The molecule has 116 valence electrons. The molecule has 0 saturated heterocycles. The maximum atomic E-state index is 11.9. The zero-order valence-corrected chi connectivity index (χ0v) is 12.2. The number of ether oxygens (including phenoxy) is 1. The van der Waals surface area contributed by atoms with E-state index in [0.717, 1.165) is 12.2 Å². The summed E-state index contributed by atoms with van der Waals surface area (Å²) in [4.78, 5) is 18.9.